The zero-order valence-corrected chi connectivity index (χ0v) is 5.04. The Labute approximate surface area is 48.6 Å². The molecule has 0 unspecified atom stereocenters. The monoisotopic (exact) mass is 121 g/mol. The van der Waals surface area contributed by atoms with Gasteiger partial charge in [0, 0.05) is 6.54 Å². The van der Waals surface area contributed by atoms with E-state index in [-0.39, 0.29) is 13.1 Å². The van der Waals surface area contributed by atoms with Crippen LogP contribution in [0.1, 0.15) is 6.92 Å². The number of likely N-dealkylation sites (N-methyl/N-ethyl adjacent to an activating group) is 1. The van der Waals surface area contributed by atoms with Gasteiger partial charge in [-0.25, -0.2) is 0 Å². The predicted octanol–water partition coefficient (Wildman–Crippen LogP) is -0.440. The van der Waals surface area contributed by atoms with Gasteiger partial charge in [-0.05, 0) is 11.7 Å². The average Bonchev–Trinajstić information content (AvgIpc) is 1.67. The summed E-state index contributed by atoms with van der Waals surface area (Å²) in [5.74, 6) is 0. The van der Waals surface area contributed by atoms with Crippen molar-refractivity contribution in [2.24, 2.45) is 5.73 Å². The maximum Gasteiger partial charge on any atom is 0.154 e. The number of hydrogen-bond acceptors (Lipinski definition) is 3. The molecule has 0 saturated heterocycles. The van der Waals surface area contributed by atoms with Crippen molar-refractivity contribution in [3.8, 4) is 0 Å². The van der Waals surface area contributed by atoms with E-state index in [4.69, 9.17) is 16.1 Å². The number of rotatable bonds is 3. The summed E-state index contributed by atoms with van der Waals surface area (Å²) in [7, 11) is 0. The summed E-state index contributed by atoms with van der Waals surface area (Å²) >= 11 is 0. The first kappa shape index (κ1) is 7.84. The van der Waals surface area contributed by atoms with Crippen LogP contribution in [0.25, 0.3) is 0 Å². The lowest BCUT2D eigenvalue weighted by atomic mass is 10.6. The van der Waals surface area contributed by atoms with Crippen molar-refractivity contribution in [1.29, 1.82) is 0 Å². The highest BCUT2D eigenvalue weighted by Gasteiger charge is 2.16. The van der Waals surface area contributed by atoms with Crippen molar-refractivity contribution >= 4 is 0 Å². The van der Waals surface area contributed by atoms with E-state index in [2.05, 4.69) is 0 Å². The number of hydroxylamine groups is 4. The quantitative estimate of drug-likeness (QED) is 0.350. The zero-order valence-electron chi connectivity index (χ0n) is 5.04. The fraction of sp³-hybridized carbons (Fsp3) is 1.00. The Hall–Kier alpha value is -0.160. The molecule has 4 heteroatoms. The molecule has 0 fully saturated rings. The fourth-order valence-corrected chi connectivity index (χ4v) is 0.365. The smallest absolute Gasteiger partial charge is 0.154 e. The molecular weight excluding hydrogens is 108 g/mol. The molecule has 0 aromatic rings. The molecule has 0 aliphatic heterocycles. The molecule has 50 valence electrons. The van der Waals surface area contributed by atoms with Gasteiger partial charge in [-0.15, -0.1) is 0 Å². The Bertz CT molecular complexity index is 65.1. The molecule has 0 radical (unpaired) electrons. The molecule has 0 spiro atoms. The topological polar surface area (TPSA) is 66.5 Å². The van der Waals surface area contributed by atoms with Crippen LogP contribution in [0.3, 0.4) is 0 Å². The van der Waals surface area contributed by atoms with Crippen LogP contribution in [-0.4, -0.2) is 34.9 Å². The van der Waals surface area contributed by atoms with Crippen molar-refractivity contribution in [2.45, 2.75) is 6.92 Å². The molecule has 4 N–H and O–H groups in total. The van der Waals surface area contributed by atoms with Crippen LogP contribution in [0.5, 0.6) is 0 Å². The Morgan fingerprint density at radius 3 is 2.12 bits per heavy atom. The molecule has 0 rings (SSSR count). The minimum Gasteiger partial charge on any atom is -0.325 e. The predicted molar refractivity (Wildman–Crippen MR) is 28.3 cm³/mol. The van der Waals surface area contributed by atoms with Crippen LogP contribution in [0, 0.1) is 0 Å². The SMILES string of the molecule is CC[N+](O)(O)CCN. The Balaban J connectivity index is 3.37. The molecule has 0 aromatic heterocycles. The number of nitrogens with two attached hydrogens (primary N) is 1. The van der Waals surface area contributed by atoms with Gasteiger partial charge >= 0.3 is 0 Å². The molecule has 0 bridgehead atoms. The van der Waals surface area contributed by atoms with E-state index in [0.717, 1.165) is 0 Å². The lowest BCUT2D eigenvalue weighted by Gasteiger charge is -2.17. The Kier molecular flexibility index (Phi) is 2.93. The third-order valence-electron chi connectivity index (χ3n) is 0.994. The van der Waals surface area contributed by atoms with Gasteiger partial charge in [-0.3, -0.25) is 0 Å². The Morgan fingerprint density at radius 1 is 1.50 bits per heavy atom. The van der Waals surface area contributed by atoms with Gasteiger partial charge in [0.1, 0.15) is 6.54 Å². The standard InChI is InChI=1S/C4H13N2O2/c1-2-6(7,8)4-3-5/h7-8H,2-5H2,1H3/q+1. The van der Waals surface area contributed by atoms with Gasteiger partial charge in [0.2, 0.25) is 0 Å². The summed E-state index contributed by atoms with van der Waals surface area (Å²) in [5, 5.41) is 17.5. The molecule has 0 aromatic carbocycles. The molecule has 0 heterocycles. The number of hydrogen-bond donors (Lipinski definition) is 3. The molecular formula is C4H13N2O2+. The van der Waals surface area contributed by atoms with Crippen molar-refractivity contribution in [3.05, 3.63) is 0 Å². The van der Waals surface area contributed by atoms with E-state index in [1.54, 1.807) is 6.92 Å². The summed E-state index contributed by atoms with van der Waals surface area (Å²) < 4.78 is 0. The first-order valence-electron chi connectivity index (χ1n) is 2.65. The van der Waals surface area contributed by atoms with E-state index in [1.807, 2.05) is 0 Å². The summed E-state index contributed by atoms with van der Waals surface area (Å²) in [4.78, 5) is -0.962. The zero-order chi connectivity index (χ0) is 6.62. The van der Waals surface area contributed by atoms with Gasteiger partial charge in [-0.2, -0.15) is 10.4 Å². The second-order valence-corrected chi connectivity index (χ2v) is 1.71. The summed E-state index contributed by atoms with van der Waals surface area (Å²) in [6.45, 7) is 2.43. The molecule has 4 nitrogen and oxygen atoms in total. The molecule has 0 saturated carbocycles. The van der Waals surface area contributed by atoms with E-state index in [0.29, 0.717) is 6.54 Å². The van der Waals surface area contributed by atoms with Crippen molar-refractivity contribution < 1.29 is 15.2 Å². The summed E-state index contributed by atoms with van der Waals surface area (Å²) in [5.41, 5.74) is 5.05. The molecule has 0 amide bonds. The van der Waals surface area contributed by atoms with E-state index >= 15 is 0 Å². The van der Waals surface area contributed by atoms with Gasteiger partial charge in [-0.1, -0.05) is 0 Å². The minimum absolute atomic E-state index is 0.191. The highest BCUT2D eigenvalue weighted by Crippen LogP contribution is 1.89. The molecule has 0 atom stereocenters. The Morgan fingerprint density at radius 2 is 2.00 bits per heavy atom. The van der Waals surface area contributed by atoms with Crippen molar-refractivity contribution in [3.63, 3.8) is 0 Å². The van der Waals surface area contributed by atoms with E-state index < -0.39 is 4.81 Å². The van der Waals surface area contributed by atoms with E-state index in [1.165, 1.54) is 0 Å². The van der Waals surface area contributed by atoms with Crippen molar-refractivity contribution in [1.82, 2.24) is 0 Å². The van der Waals surface area contributed by atoms with Gasteiger partial charge in [0.25, 0.3) is 0 Å². The lowest BCUT2D eigenvalue weighted by Crippen LogP contribution is -2.44. The first-order valence-corrected chi connectivity index (χ1v) is 2.65. The summed E-state index contributed by atoms with van der Waals surface area (Å²) in [6.07, 6.45) is 0. The van der Waals surface area contributed by atoms with Crippen molar-refractivity contribution in [2.75, 3.05) is 19.6 Å². The van der Waals surface area contributed by atoms with Gasteiger partial charge < -0.3 is 5.73 Å². The number of nitrogens with zero attached hydrogens (tertiary/aromatic N) is 1. The van der Waals surface area contributed by atoms with Crippen LogP contribution in [-0.2, 0) is 0 Å². The second kappa shape index (κ2) is 2.99. The van der Waals surface area contributed by atoms with Gasteiger partial charge in [0.05, 0.1) is 0 Å². The number of quaternary nitrogens is 1. The van der Waals surface area contributed by atoms with Gasteiger partial charge in [0.15, 0.2) is 6.54 Å². The van der Waals surface area contributed by atoms with Crippen LogP contribution in [0.4, 0.5) is 0 Å². The second-order valence-electron chi connectivity index (χ2n) is 1.71. The molecule has 0 aliphatic rings. The third kappa shape index (κ3) is 2.92. The maximum atomic E-state index is 8.74. The fourth-order valence-electron chi connectivity index (χ4n) is 0.365. The van der Waals surface area contributed by atoms with E-state index in [9.17, 15) is 0 Å². The highest BCUT2D eigenvalue weighted by atomic mass is 16.8. The first-order chi connectivity index (χ1) is 3.62. The summed E-state index contributed by atoms with van der Waals surface area (Å²) in [6, 6.07) is 0. The van der Waals surface area contributed by atoms with Crippen LogP contribution >= 0.6 is 0 Å². The molecule has 8 heavy (non-hydrogen) atoms. The normalized spacial score (nSPS) is 12.0. The third-order valence-corrected chi connectivity index (χ3v) is 0.994. The van der Waals surface area contributed by atoms with Crippen LogP contribution < -0.4 is 5.73 Å². The molecule has 0 aliphatic carbocycles. The maximum absolute atomic E-state index is 8.74. The highest BCUT2D eigenvalue weighted by molar-refractivity contribution is 4.23. The average molecular weight is 121 g/mol. The van der Waals surface area contributed by atoms with Crippen LogP contribution in [0.2, 0.25) is 0 Å². The minimum atomic E-state index is -0.962. The lowest BCUT2D eigenvalue weighted by molar-refractivity contribution is -1.24. The van der Waals surface area contributed by atoms with Crippen LogP contribution in [0.15, 0.2) is 0 Å². The largest absolute Gasteiger partial charge is 0.325 e.